The summed E-state index contributed by atoms with van der Waals surface area (Å²) in [5.74, 6) is 0.598. The zero-order valence-electron chi connectivity index (χ0n) is 11.9. The van der Waals surface area contributed by atoms with Crippen LogP contribution in [0.2, 0.25) is 0 Å². The predicted octanol–water partition coefficient (Wildman–Crippen LogP) is 4.22. The van der Waals surface area contributed by atoms with Crippen LogP contribution in [0.25, 0.3) is 10.9 Å². The lowest BCUT2D eigenvalue weighted by molar-refractivity contribution is -0.116. The van der Waals surface area contributed by atoms with Crippen LogP contribution in [0.5, 0.6) is 5.75 Å². The molecule has 0 aliphatic carbocycles. The minimum absolute atomic E-state index is 0.147. The number of hydrogen-bond acceptors (Lipinski definition) is 3. The molecule has 6 heteroatoms. The third kappa shape index (κ3) is 4.30. The second-order valence-corrected chi connectivity index (χ2v) is 6.33. The number of benzene rings is 1. The molecule has 0 aliphatic heterocycles. The summed E-state index contributed by atoms with van der Waals surface area (Å²) in [6, 6.07) is 5.85. The predicted molar refractivity (Wildman–Crippen MR) is 95.1 cm³/mol. The molecular weight excluding hydrogens is 412 g/mol. The molecule has 0 saturated carbocycles. The largest absolute Gasteiger partial charge is 0.490 e. The normalized spacial score (nSPS) is 10.5. The summed E-state index contributed by atoms with van der Waals surface area (Å²) in [4.78, 5) is 15.4. The Bertz CT molecular complexity index is 689. The van der Waals surface area contributed by atoms with E-state index in [-0.39, 0.29) is 5.91 Å². The molecule has 0 spiro atoms. The van der Waals surface area contributed by atoms with Crippen LogP contribution in [-0.4, -0.2) is 24.0 Å². The number of pyridine rings is 1. The van der Waals surface area contributed by atoms with Crippen molar-refractivity contribution in [1.82, 2.24) is 10.3 Å². The van der Waals surface area contributed by atoms with E-state index in [0.29, 0.717) is 13.2 Å². The maximum atomic E-state index is 11.0. The fourth-order valence-electron chi connectivity index (χ4n) is 1.97. The lowest BCUT2D eigenvalue weighted by atomic mass is 10.2. The van der Waals surface area contributed by atoms with E-state index in [1.807, 2.05) is 18.2 Å². The summed E-state index contributed by atoms with van der Waals surface area (Å²) >= 11 is 7.05. The zero-order valence-corrected chi connectivity index (χ0v) is 15.1. The molecule has 22 heavy (non-hydrogen) atoms. The standard InChI is InChI=1S/C16H16Br2N2O2/c1-2-14(21)19-7-3-4-9-22-16-13(18)10-12(17)11-6-5-8-20-15(11)16/h2,5-6,8,10H,1,3-4,7,9H2,(H,19,21). The first-order chi connectivity index (χ1) is 10.6. The van der Waals surface area contributed by atoms with Crippen LogP contribution in [-0.2, 0) is 4.79 Å². The molecule has 0 bridgehead atoms. The molecule has 2 aromatic rings. The molecule has 4 nitrogen and oxygen atoms in total. The van der Waals surface area contributed by atoms with E-state index in [2.05, 4.69) is 48.7 Å². The molecule has 1 amide bonds. The van der Waals surface area contributed by atoms with Gasteiger partial charge < -0.3 is 10.1 Å². The number of hydrogen-bond donors (Lipinski definition) is 1. The SMILES string of the molecule is C=CC(=O)NCCCCOc1c(Br)cc(Br)c2cccnc12. The van der Waals surface area contributed by atoms with Gasteiger partial charge in [-0.1, -0.05) is 28.6 Å². The smallest absolute Gasteiger partial charge is 0.243 e. The van der Waals surface area contributed by atoms with Crippen LogP contribution in [0.3, 0.4) is 0 Å². The van der Waals surface area contributed by atoms with E-state index in [1.54, 1.807) is 6.20 Å². The molecule has 1 aromatic heterocycles. The average molecular weight is 428 g/mol. The lowest BCUT2D eigenvalue weighted by Crippen LogP contribution is -2.22. The van der Waals surface area contributed by atoms with Gasteiger partial charge in [0.1, 0.15) is 5.52 Å². The number of rotatable bonds is 7. The molecule has 0 atom stereocenters. The molecule has 0 radical (unpaired) electrons. The van der Waals surface area contributed by atoms with Gasteiger partial charge in [-0.15, -0.1) is 0 Å². The van der Waals surface area contributed by atoms with Gasteiger partial charge in [0, 0.05) is 22.6 Å². The molecule has 116 valence electrons. The van der Waals surface area contributed by atoms with Crippen molar-refractivity contribution in [3.05, 3.63) is 46.0 Å². The van der Waals surface area contributed by atoms with Gasteiger partial charge in [-0.05, 0) is 47.0 Å². The second-order valence-electron chi connectivity index (χ2n) is 4.62. The highest BCUT2D eigenvalue weighted by molar-refractivity contribution is 9.11. The van der Waals surface area contributed by atoms with Crippen molar-refractivity contribution in [1.29, 1.82) is 0 Å². The van der Waals surface area contributed by atoms with Crippen molar-refractivity contribution >= 4 is 48.7 Å². The van der Waals surface area contributed by atoms with Crippen LogP contribution in [0.15, 0.2) is 46.0 Å². The number of carbonyl (C=O) groups excluding carboxylic acids is 1. The molecule has 0 aliphatic rings. The summed E-state index contributed by atoms with van der Waals surface area (Å²) in [6.07, 6.45) is 4.71. The van der Waals surface area contributed by atoms with Gasteiger partial charge in [0.05, 0.1) is 11.1 Å². The number of aromatic nitrogens is 1. The Balaban J connectivity index is 1.95. The first-order valence-electron chi connectivity index (χ1n) is 6.89. The summed E-state index contributed by atoms with van der Waals surface area (Å²) in [7, 11) is 0. The minimum Gasteiger partial charge on any atom is -0.490 e. The number of nitrogens with zero attached hydrogens (tertiary/aromatic N) is 1. The first-order valence-corrected chi connectivity index (χ1v) is 8.48. The topological polar surface area (TPSA) is 51.2 Å². The highest BCUT2D eigenvalue weighted by atomic mass is 79.9. The summed E-state index contributed by atoms with van der Waals surface area (Å²) in [6.45, 7) is 4.59. The maximum absolute atomic E-state index is 11.0. The molecule has 0 unspecified atom stereocenters. The van der Waals surface area contributed by atoms with Crippen molar-refractivity contribution in [2.75, 3.05) is 13.2 Å². The molecule has 0 fully saturated rings. The van der Waals surface area contributed by atoms with E-state index < -0.39 is 0 Å². The van der Waals surface area contributed by atoms with Gasteiger partial charge in [-0.3, -0.25) is 9.78 Å². The second kappa shape index (κ2) is 8.29. The number of carbonyl (C=O) groups is 1. The van der Waals surface area contributed by atoms with E-state index in [9.17, 15) is 4.79 Å². The molecule has 1 N–H and O–H groups in total. The number of unbranched alkanes of at least 4 members (excludes halogenated alkanes) is 1. The zero-order chi connectivity index (χ0) is 15.9. The third-order valence-corrected chi connectivity index (χ3v) is 4.30. The van der Waals surface area contributed by atoms with Gasteiger partial charge in [-0.2, -0.15) is 0 Å². The number of fused-ring (bicyclic) bond motifs is 1. The highest BCUT2D eigenvalue weighted by Crippen LogP contribution is 2.37. The Morgan fingerprint density at radius 2 is 2.18 bits per heavy atom. The summed E-state index contributed by atoms with van der Waals surface area (Å²) < 4.78 is 7.72. The van der Waals surface area contributed by atoms with Crippen LogP contribution < -0.4 is 10.1 Å². The van der Waals surface area contributed by atoms with Crippen molar-refractivity contribution in [2.45, 2.75) is 12.8 Å². The van der Waals surface area contributed by atoms with Gasteiger partial charge in [0.25, 0.3) is 0 Å². The molecule has 2 rings (SSSR count). The molecular formula is C16H16Br2N2O2. The number of halogens is 2. The molecule has 1 aromatic carbocycles. The van der Waals surface area contributed by atoms with Gasteiger partial charge in [-0.25, -0.2) is 0 Å². The Morgan fingerprint density at radius 3 is 2.95 bits per heavy atom. The van der Waals surface area contributed by atoms with Gasteiger partial charge in [0.2, 0.25) is 5.91 Å². The van der Waals surface area contributed by atoms with Crippen LogP contribution in [0.1, 0.15) is 12.8 Å². The van der Waals surface area contributed by atoms with Crippen molar-refractivity contribution in [3.63, 3.8) is 0 Å². The minimum atomic E-state index is -0.147. The van der Waals surface area contributed by atoms with Crippen LogP contribution in [0.4, 0.5) is 0 Å². The Hall–Kier alpha value is -1.40. The van der Waals surface area contributed by atoms with Crippen LogP contribution in [0, 0.1) is 0 Å². The molecule has 0 saturated heterocycles. The number of nitrogens with one attached hydrogen (secondary N) is 1. The third-order valence-electron chi connectivity index (χ3n) is 3.05. The van der Waals surface area contributed by atoms with Crippen molar-refractivity contribution < 1.29 is 9.53 Å². The van der Waals surface area contributed by atoms with Crippen molar-refractivity contribution in [3.8, 4) is 5.75 Å². The summed E-state index contributed by atoms with van der Waals surface area (Å²) in [5, 5.41) is 3.75. The van der Waals surface area contributed by atoms with E-state index in [0.717, 1.165) is 38.4 Å². The lowest BCUT2D eigenvalue weighted by Gasteiger charge is -2.12. The monoisotopic (exact) mass is 426 g/mol. The number of ether oxygens (including phenoxy) is 1. The Labute approximate surface area is 146 Å². The van der Waals surface area contributed by atoms with E-state index >= 15 is 0 Å². The molecule has 1 heterocycles. The first kappa shape index (κ1) is 17.0. The Morgan fingerprint density at radius 1 is 1.36 bits per heavy atom. The maximum Gasteiger partial charge on any atom is 0.243 e. The number of amides is 1. The summed E-state index contributed by atoms with van der Waals surface area (Å²) in [5.41, 5.74) is 0.823. The fraction of sp³-hybridized carbons (Fsp3) is 0.250. The quantitative estimate of drug-likeness (QED) is 0.531. The highest BCUT2D eigenvalue weighted by Gasteiger charge is 2.11. The van der Waals surface area contributed by atoms with E-state index in [1.165, 1.54) is 6.08 Å². The Kier molecular flexibility index (Phi) is 6.39. The van der Waals surface area contributed by atoms with Gasteiger partial charge >= 0.3 is 0 Å². The van der Waals surface area contributed by atoms with Gasteiger partial charge in [0.15, 0.2) is 5.75 Å². The van der Waals surface area contributed by atoms with E-state index in [4.69, 9.17) is 4.74 Å². The average Bonchev–Trinajstić information content (AvgIpc) is 2.53. The van der Waals surface area contributed by atoms with Crippen LogP contribution >= 0.6 is 31.9 Å². The van der Waals surface area contributed by atoms with Crippen molar-refractivity contribution in [2.24, 2.45) is 0 Å². The fourth-order valence-corrected chi connectivity index (χ4v) is 3.36.